The van der Waals surface area contributed by atoms with Crippen LogP contribution in [0.15, 0.2) is 18.2 Å². The van der Waals surface area contributed by atoms with Gasteiger partial charge in [0.25, 0.3) is 5.69 Å². The van der Waals surface area contributed by atoms with E-state index in [1.54, 1.807) is 0 Å². The average molecular weight is 270 g/mol. The number of nitrogens with one attached hydrogen (secondary N) is 1. The summed E-state index contributed by atoms with van der Waals surface area (Å²) in [6, 6.07) is 3.55. The van der Waals surface area contributed by atoms with Crippen LogP contribution < -0.4 is 5.32 Å². The lowest BCUT2D eigenvalue weighted by Gasteiger charge is -2.16. The second-order valence-electron chi connectivity index (χ2n) is 4.47. The summed E-state index contributed by atoms with van der Waals surface area (Å²) in [6.07, 6.45) is 2.60. The first-order valence-corrected chi connectivity index (χ1v) is 6.37. The van der Waals surface area contributed by atoms with Gasteiger partial charge in [0.15, 0.2) is 5.82 Å². The zero-order valence-corrected chi connectivity index (χ0v) is 10.9. The van der Waals surface area contributed by atoms with E-state index in [-0.39, 0.29) is 23.9 Å². The molecule has 106 valence electrons. The van der Waals surface area contributed by atoms with Crippen LogP contribution in [0.4, 0.5) is 15.8 Å². The molecule has 2 N–H and O–H groups in total. The molecule has 0 aliphatic heterocycles. The Morgan fingerprint density at radius 3 is 2.74 bits per heavy atom. The van der Waals surface area contributed by atoms with Gasteiger partial charge in [-0.05, 0) is 24.8 Å². The lowest BCUT2D eigenvalue weighted by molar-refractivity contribution is -0.385. The molecule has 0 heterocycles. The van der Waals surface area contributed by atoms with Crippen molar-refractivity contribution in [3.05, 3.63) is 34.1 Å². The van der Waals surface area contributed by atoms with E-state index in [2.05, 4.69) is 12.2 Å². The standard InChI is InChI=1S/C13H19FN2O3/c1-2-3-10(6-7-17)9-15-13-5-4-11(16(18)19)8-12(13)14/h4-5,8,10,15,17H,2-3,6-7,9H2,1H3. The molecule has 19 heavy (non-hydrogen) atoms. The van der Waals surface area contributed by atoms with Gasteiger partial charge in [0.1, 0.15) is 0 Å². The van der Waals surface area contributed by atoms with E-state index < -0.39 is 10.7 Å². The van der Waals surface area contributed by atoms with Gasteiger partial charge in [-0.1, -0.05) is 13.3 Å². The molecule has 0 fully saturated rings. The van der Waals surface area contributed by atoms with Crippen LogP contribution in [0.1, 0.15) is 26.2 Å². The molecule has 0 amide bonds. The normalized spacial score (nSPS) is 12.2. The minimum absolute atomic E-state index is 0.106. The Bertz CT molecular complexity index is 420. The van der Waals surface area contributed by atoms with Gasteiger partial charge in [-0.3, -0.25) is 10.1 Å². The van der Waals surface area contributed by atoms with Gasteiger partial charge < -0.3 is 10.4 Å². The lowest BCUT2D eigenvalue weighted by atomic mass is 10.00. The van der Waals surface area contributed by atoms with E-state index >= 15 is 0 Å². The Balaban J connectivity index is 2.63. The number of halogens is 1. The third kappa shape index (κ3) is 4.82. The Labute approximate surface area is 111 Å². The maximum absolute atomic E-state index is 13.6. The highest BCUT2D eigenvalue weighted by Gasteiger charge is 2.12. The van der Waals surface area contributed by atoms with Crippen LogP contribution in [-0.2, 0) is 0 Å². The molecule has 1 aromatic carbocycles. The molecule has 0 aliphatic carbocycles. The molecular weight excluding hydrogens is 251 g/mol. The van der Waals surface area contributed by atoms with Crippen molar-refractivity contribution < 1.29 is 14.4 Å². The van der Waals surface area contributed by atoms with Gasteiger partial charge in [0, 0.05) is 19.2 Å². The summed E-state index contributed by atoms with van der Waals surface area (Å²) in [5.74, 6) is -0.363. The summed E-state index contributed by atoms with van der Waals surface area (Å²) in [4.78, 5) is 9.87. The van der Waals surface area contributed by atoms with Crippen molar-refractivity contribution in [2.75, 3.05) is 18.5 Å². The monoisotopic (exact) mass is 270 g/mol. The summed E-state index contributed by atoms with van der Waals surface area (Å²) < 4.78 is 13.6. The topological polar surface area (TPSA) is 75.4 Å². The minimum atomic E-state index is -0.631. The van der Waals surface area contributed by atoms with Gasteiger partial charge in [-0.15, -0.1) is 0 Å². The summed E-state index contributed by atoms with van der Waals surface area (Å²) in [5.41, 5.74) is -0.00633. The van der Waals surface area contributed by atoms with Gasteiger partial charge in [0.2, 0.25) is 0 Å². The van der Waals surface area contributed by atoms with Crippen molar-refractivity contribution in [1.82, 2.24) is 0 Å². The van der Waals surface area contributed by atoms with Crippen molar-refractivity contribution in [2.24, 2.45) is 5.92 Å². The number of aliphatic hydroxyl groups is 1. The first kappa shape index (κ1) is 15.4. The summed E-state index contributed by atoms with van der Waals surface area (Å²) in [7, 11) is 0. The zero-order valence-electron chi connectivity index (χ0n) is 10.9. The molecule has 1 rings (SSSR count). The van der Waals surface area contributed by atoms with Gasteiger partial charge >= 0.3 is 0 Å². The molecule has 1 atom stereocenters. The number of nitro benzene ring substituents is 1. The van der Waals surface area contributed by atoms with Gasteiger partial charge in [-0.2, -0.15) is 0 Å². The highest BCUT2D eigenvalue weighted by Crippen LogP contribution is 2.21. The largest absolute Gasteiger partial charge is 0.396 e. The molecule has 5 nitrogen and oxygen atoms in total. The van der Waals surface area contributed by atoms with Crippen LogP contribution in [-0.4, -0.2) is 23.2 Å². The van der Waals surface area contributed by atoms with Crippen LogP contribution in [0.25, 0.3) is 0 Å². The minimum Gasteiger partial charge on any atom is -0.396 e. The first-order chi connectivity index (χ1) is 9.08. The number of nitro groups is 1. The number of hydrogen-bond donors (Lipinski definition) is 2. The molecule has 0 saturated heterocycles. The molecule has 6 heteroatoms. The van der Waals surface area contributed by atoms with Crippen molar-refractivity contribution in [2.45, 2.75) is 26.2 Å². The second-order valence-corrected chi connectivity index (χ2v) is 4.47. The zero-order chi connectivity index (χ0) is 14.3. The molecule has 1 aromatic rings. The quantitative estimate of drug-likeness (QED) is 0.562. The molecule has 0 radical (unpaired) electrons. The van der Waals surface area contributed by atoms with Crippen LogP contribution in [0.3, 0.4) is 0 Å². The Morgan fingerprint density at radius 1 is 1.47 bits per heavy atom. The smallest absolute Gasteiger partial charge is 0.272 e. The van der Waals surface area contributed by atoms with Crippen molar-refractivity contribution in [1.29, 1.82) is 0 Å². The second kappa shape index (κ2) is 7.68. The molecule has 1 unspecified atom stereocenters. The van der Waals surface area contributed by atoms with Crippen molar-refractivity contribution in [3.63, 3.8) is 0 Å². The first-order valence-electron chi connectivity index (χ1n) is 6.37. The van der Waals surface area contributed by atoms with Crippen LogP contribution >= 0.6 is 0 Å². The number of anilines is 1. The lowest BCUT2D eigenvalue weighted by Crippen LogP contribution is -2.16. The molecule has 0 bridgehead atoms. The highest BCUT2D eigenvalue weighted by atomic mass is 19.1. The molecule has 0 saturated carbocycles. The number of rotatable bonds is 8. The third-order valence-corrected chi connectivity index (χ3v) is 2.98. The number of nitrogens with zero attached hydrogens (tertiary/aromatic N) is 1. The Hall–Kier alpha value is -1.69. The van der Waals surface area contributed by atoms with E-state index in [1.165, 1.54) is 12.1 Å². The summed E-state index contributed by atoms with van der Waals surface area (Å²) in [6.45, 7) is 2.70. The summed E-state index contributed by atoms with van der Waals surface area (Å²) in [5, 5.41) is 22.4. The van der Waals surface area contributed by atoms with E-state index in [9.17, 15) is 14.5 Å². The number of hydrogen-bond acceptors (Lipinski definition) is 4. The third-order valence-electron chi connectivity index (χ3n) is 2.98. The van der Waals surface area contributed by atoms with Crippen LogP contribution in [0, 0.1) is 21.8 Å². The van der Waals surface area contributed by atoms with E-state index in [1.807, 2.05) is 0 Å². The predicted octanol–water partition coefficient (Wildman–Crippen LogP) is 2.94. The molecular formula is C13H19FN2O3. The maximum atomic E-state index is 13.6. The van der Waals surface area contributed by atoms with Crippen molar-refractivity contribution >= 4 is 11.4 Å². The SMILES string of the molecule is CCCC(CCO)CNc1ccc([N+](=O)[O-])cc1F. The fourth-order valence-corrected chi connectivity index (χ4v) is 1.95. The average Bonchev–Trinajstić information content (AvgIpc) is 2.37. The number of aliphatic hydroxyl groups excluding tert-OH is 1. The fourth-order valence-electron chi connectivity index (χ4n) is 1.95. The van der Waals surface area contributed by atoms with E-state index in [0.717, 1.165) is 18.9 Å². The molecule has 0 aromatic heterocycles. The summed E-state index contributed by atoms with van der Waals surface area (Å²) >= 11 is 0. The molecule has 0 aliphatic rings. The van der Waals surface area contributed by atoms with Gasteiger partial charge in [-0.25, -0.2) is 4.39 Å². The van der Waals surface area contributed by atoms with Crippen LogP contribution in [0.5, 0.6) is 0 Å². The maximum Gasteiger partial charge on any atom is 0.272 e. The van der Waals surface area contributed by atoms with Crippen LogP contribution in [0.2, 0.25) is 0 Å². The fraction of sp³-hybridized carbons (Fsp3) is 0.538. The number of benzene rings is 1. The predicted molar refractivity (Wildman–Crippen MR) is 71.6 cm³/mol. The van der Waals surface area contributed by atoms with Gasteiger partial charge in [0.05, 0.1) is 16.7 Å². The van der Waals surface area contributed by atoms with E-state index in [4.69, 9.17) is 5.11 Å². The highest BCUT2D eigenvalue weighted by molar-refractivity contribution is 5.50. The Morgan fingerprint density at radius 2 is 2.21 bits per heavy atom. The Kier molecular flexibility index (Phi) is 6.21. The van der Waals surface area contributed by atoms with E-state index in [0.29, 0.717) is 13.0 Å². The van der Waals surface area contributed by atoms with Crippen molar-refractivity contribution in [3.8, 4) is 0 Å². The molecule has 0 spiro atoms. The number of non-ortho nitro benzene ring substituents is 1.